The van der Waals surface area contributed by atoms with Gasteiger partial charge in [0.25, 0.3) is 0 Å². The Morgan fingerprint density at radius 3 is 2.56 bits per heavy atom. The molecule has 9 heavy (non-hydrogen) atoms. The van der Waals surface area contributed by atoms with Crippen LogP contribution < -0.4 is 0 Å². The number of nitrogens with zero attached hydrogens (tertiary/aromatic N) is 1. The Labute approximate surface area is 56.9 Å². The highest BCUT2D eigenvalue weighted by Gasteiger charge is 1.92. The summed E-state index contributed by atoms with van der Waals surface area (Å²) in [6.07, 6.45) is 3.34. The van der Waals surface area contributed by atoms with Crippen molar-refractivity contribution in [2.24, 2.45) is 4.99 Å². The lowest BCUT2D eigenvalue weighted by atomic mass is 10.2. The van der Waals surface area contributed by atoms with Crippen molar-refractivity contribution in [1.82, 2.24) is 0 Å². The van der Waals surface area contributed by atoms with Crippen LogP contribution in [0.3, 0.4) is 0 Å². The molecule has 0 aromatic carbocycles. The SMILES string of the molecule is CCCC/C(=N/C)OC. The third kappa shape index (κ3) is 4.01. The van der Waals surface area contributed by atoms with Crippen LogP contribution in [0, 0.1) is 0 Å². The van der Waals surface area contributed by atoms with Crippen LogP contribution >= 0.6 is 0 Å². The highest BCUT2D eigenvalue weighted by molar-refractivity contribution is 5.75. The molecule has 0 saturated heterocycles. The fourth-order valence-electron chi connectivity index (χ4n) is 0.633. The molecule has 54 valence electrons. The van der Waals surface area contributed by atoms with Crippen molar-refractivity contribution in [3.05, 3.63) is 0 Å². The van der Waals surface area contributed by atoms with Gasteiger partial charge in [-0.15, -0.1) is 0 Å². The summed E-state index contributed by atoms with van der Waals surface area (Å²) in [5.41, 5.74) is 0. The summed E-state index contributed by atoms with van der Waals surface area (Å²) in [7, 11) is 3.42. The molecule has 2 heteroatoms. The smallest absolute Gasteiger partial charge is 0.182 e. The van der Waals surface area contributed by atoms with Crippen LogP contribution in [0.15, 0.2) is 4.99 Å². The van der Waals surface area contributed by atoms with Gasteiger partial charge in [0, 0.05) is 13.5 Å². The molecule has 0 radical (unpaired) electrons. The zero-order valence-electron chi connectivity index (χ0n) is 6.48. The maximum atomic E-state index is 4.95. The summed E-state index contributed by atoms with van der Waals surface area (Å²) < 4.78 is 4.95. The zero-order valence-corrected chi connectivity index (χ0v) is 6.48. The maximum Gasteiger partial charge on any atom is 0.182 e. The molecular weight excluding hydrogens is 114 g/mol. The first-order chi connectivity index (χ1) is 4.35. The van der Waals surface area contributed by atoms with E-state index in [1.807, 2.05) is 0 Å². The minimum Gasteiger partial charge on any atom is -0.484 e. The van der Waals surface area contributed by atoms with E-state index in [4.69, 9.17) is 4.74 Å². The lowest BCUT2D eigenvalue weighted by molar-refractivity contribution is 0.387. The minimum atomic E-state index is 0.858. The molecule has 0 aliphatic carbocycles. The second kappa shape index (κ2) is 5.60. The largest absolute Gasteiger partial charge is 0.484 e. The van der Waals surface area contributed by atoms with Gasteiger partial charge in [-0.05, 0) is 6.42 Å². The van der Waals surface area contributed by atoms with Crippen molar-refractivity contribution in [2.75, 3.05) is 14.2 Å². The predicted octanol–water partition coefficient (Wildman–Crippen LogP) is 1.85. The highest BCUT2D eigenvalue weighted by atomic mass is 16.5. The quantitative estimate of drug-likeness (QED) is 0.421. The molecule has 0 saturated carbocycles. The van der Waals surface area contributed by atoms with Gasteiger partial charge < -0.3 is 4.74 Å². The van der Waals surface area contributed by atoms with E-state index >= 15 is 0 Å². The van der Waals surface area contributed by atoms with Crippen LogP contribution in [0.5, 0.6) is 0 Å². The molecule has 2 nitrogen and oxygen atoms in total. The average molecular weight is 129 g/mol. The summed E-state index contributed by atoms with van der Waals surface area (Å²) in [4.78, 5) is 3.94. The van der Waals surface area contributed by atoms with Gasteiger partial charge in [0.05, 0.1) is 7.11 Å². The fraction of sp³-hybridized carbons (Fsp3) is 0.857. The van der Waals surface area contributed by atoms with E-state index in [9.17, 15) is 0 Å². The third-order valence-electron chi connectivity index (χ3n) is 1.23. The van der Waals surface area contributed by atoms with Crippen LogP contribution in [0.4, 0.5) is 0 Å². The molecule has 0 fully saturated rings. The van der Waals surface area contributed by atoms with E-state index in [1.54, 1.807) is 14.2 Å². The van der Waals surface area contributed by atoms with Crippen LogP contribution in [0.25, 0.3) is 0 Å². The highest BCUT2D eigenvalue weighted by Crippen LogP contribution is 1.96. The third-order valence-corrected chi connectivity index (χ3v) is 1.23. The van der Waals surface area contributed by atoms with Gasteiger partial charge in [-0.3, -0.25) is 4.99 Å². The van der Waals surface area contributed by atoms with Gasteiger partial charge >= 0.3 is 0 Å². The first-order valence-electron chi connectivity index (χ1n) is 3.34. The number of methoxy groups -OCH3 is 1. The summed E-state index contributed by atoms with van der Waals surface area (Å²) in [6.45, 7) is 2.16. The molecule has 0 unspecified atom stereocenters. The molecule has 0 N–H and O–H groups in total. The van der Waals surface area contributed by atoms with Crippen molar-refractivity contribution in [1.29, 1.82) is 0 Å². The molecule has 0 aliphatic rings. The summed E-state index contributed by atoms with van der Waals surface area (Å²) in [5, 5.41) is 0. The molecule has 0 spiro atoms. The molecule has 0 heterocycles. The van der Waals surface area contributed by atoms with E-state index in [0.717, 1.165) is 12.3 Å². The molecule has 0 bridgehead atoms. The number of ether oxygens (including phenoxy) is 1. The number of aliphatic imine (C=N–C) groups is 1. The van der Waals surface area contributed by atoms with E-state index < -0.39 is 0 Å². The molecule has 0 aromatic heterocycles. The standard InChI is InChI=1S/C7H15NO/c1-4-5-6-7(8-2)9-3/h4-6H2,1-3H3/b8-7-. The van der Waals surface area contributed by atoms with Gasteiger partial charge in [0.15, 0.2) is 5.90 Å². The van der Waals surface area contributed by atoms with E-state index in [0.29, 0.717) is 0 Å². The predicted molar refractivity (Wildman–Crippen MR) is 39.9 cm³/mol. The molecule has 0 atom stereocenters. The van der Waals surface area contributed by atoms with Crippen molar-refractivity contribution >= 4 is 5.90 Å². The Hall–Kier alpha value is -0.530. The monoisotopic (exact) mass is 129 g/mol. The maximum absolute atomic E-state index is 4.95. The second-order valence-corrected chi connectivity index (χ2v) is 1.93. The Bertz CT molecular complexity index is 88.9. The van der Waals surface area contributed by atoms with E-state index in [-0.39, 0.29) is 0 Å². The van der Waals surface area contributed by atoms with Gasteiger partial charge in [0.1, 0.15) is 0 Å². The summed E-state index contributed by atoms with van der Waals surface area (Å²) in [5.74, 6) is 0.858. The van der Waals surface area contributed by atoms with Crippen LogP contribution in [0.2, 0.25) is 0 Å². The van der Waals surface area contributed by atoms with Gasteiger partial charge in [-0.1, -0.05) is 13.3 Å². The van der Waals surface area contributed by atoms with Gasteiger partial charge in [0.2, 0.25) is 0 Å². The Morgan fingerprint density at radius 2 is 2.22 bits per heavy atom. The number of unbranched alkanes of at least 4 members (excludes halogenated alkanes) is 1. The molecular formula is C7H15NO. The Kier molecular flexibility index (Phi) is 5.27. The van der Waals surface area contributed by atoms with Crippen molar-refractivity contribution in [2.45, 2.75) is 26.2 Å². The van der Waals surface area contributed by atoms with Crippen molar-refractivity contribution < 1.29 is 4.74 Å². The molecule has 0 aliphatic heterocycles. The zero-order chi connectivity index (χ0) is 7.11. The van der Waals surface area contributed by atoms with Crippen molar-refractivity contribution in [3.8, 4) is 0 Å². The first kappa shape index (κ1) is 8.47. The topological polar surface area (TPSA) is 21.6 Å². The average Bonchev–Trinajstić information content (AvgIpc) is 1.91. The van der Waals surface area contributed by atoms with E-state index in [1.165, 1.54) is 12.8 Å². The van der Waals surface area contributed by atoms with Crippen LogP contribution in [0.1, 0.15) is 26.2 Å². The van der Waals surface area contributed by atoms with Gasteiger partial charge in [-0.25, -0.2) is 0 Å². The van der Waals surface area contributed by atoms with Crippen LogP contribution in [-0.4, -0.2) is 20.1 Å². The van der Waals surface area contributed by atoms with Gasteiger partial charge in [-0.2, -0.15) is 0 Å². The second-order valence-electron chi connectivity index (χ2n) is 1.93. The van der Waals surface area contributed by atoms with Crippen LogP contribution in [-0.2, 0) is 4.74 Å². The molecule has 0 amide bonds. The molecule has 0 rings (SSSR count). The van der Waals surface area contributed by atoms with Crippen molar-refractivity contribution in [3.63, 3.8) is 0 Å². The Morgan fingerprint density at radius 1 is 1.56 bits per heavy atom. The fourth-order valence-corrected chi connectivity index (χ4v) is 0.633. The lowest BCUT2D eigenvalue weighted by Gasteiger charge is -2.00. The minimum absolute atomic E-state index is 0.858. The summed E-state index contributed by atoms with van der Waals surface area (Å²) >= 11 is 0. The first-order valence-corrected chi connectivity index (χ1v) is 3.34. The molecule has 0 aromatic rings. The number of hydrogen-bond donors (Lipinski definition) is 0. The number of rotatable bonds is 3. The lowest BCUT2D eigenvalue weighted by Crippen LogP contribution is -1.99. The number of hydrogen-bond acceptors (Lipinski definition) is 2. The Balaban J connectivity index is 3.33. The summed E-state index contributed by atoms with van der Waals surface area (Å²) in [6, 6.07) is 0. The van der Waals surface area contributed by atoms with E-state index in [2.05, 4.69) is 11.9 Å². The normalized spacial score (nSPS) is 11.7.